The van der Waals surface area contributed by atoms with Crippen LogP contribution in [0.2, 0.25) is 0 Å². The first-order valence-corrected chi connectivity index (χ1v) is 15.8. The standard InChI is InChI=1S/C36H48N2/c1-3-5-6-7-8-10-28-11-15-29(16-12-28)30-19-21-32(22-20-30)34-24-23-33(35(25-37)36(34)26-38)31-17-13-27(9-4-2)14-18-31/h19-24,27-29,31H,3-18H2,1-2H3. The fraction of sp³-hybridized carbons (Fsp3) is 0.611. The first-order valence-electron chi connectivity index (χ1n) is 15.8. The molecule has 0 heterocycles. The molecule has 0 N–H and O–H groups in total. The largest absolute Gasteiger partial charge is 0.192 e. The number of nitriles is 2. The Labute approximate surface area is 232 Å². The average molecular weight is 509 g/mol. The van der Waals surface area contributed by atoms with Gasteiger partial charge in [0, 0.05) is 5.56 Å². The van der Waals surface area contributed by atoms with Crippen LogP contribution in [0.3, 0.4) is 0 Å². The minimum atomic E-state index is 0.410. The summed E-state index contributed by atoms with van der Waals surface area (Å²) in [7, 11) is 0. The molecule has 0 radical (unpaired) electrons. The van der Waals surface area contributed by atoms with Crippen molar-refractivity contribution in [3.63, 3.8) is 0 Å². The van der Waals surface area contributed by atoms with Crippen LogP contribution in [0, 0.1) is 34.5 Å². The number of hydrogen-bond acceptors (Lipinski definition) is 2. The third-order valence-corrected chi connectivity index (χ3v) is 9.70. The third-order valence-electron chi connectivity index (χ3n) is 9.70. The molecule has 0 bridgehead atoms. The summed E-state index contributed by atoms with van der Waals surface area (Å²) < 4.78 is 0. The Hall–Kier alpha value is -2.58. The summed E-state index contributed by atoms with van der Waals surface area (Å²) in [4.78, 5) is 0. The van der Waals surface area contributed by atoms with Gasteiger partial charge in [-0.25, -0.2) is 0 Å². The Kier molecular flexibility index (Phi) is 10.9. The fourth-order valence-corrected chi connectivity index (χ4v) is 7.36. The molecule has 0 amide bonds. The van der Waals surface area contributed by atoms with E-state index >= 15 is 0 Å². The molecule has 2 aromatic rings. The molecule has 2 nitrogen and oxygen atoms in total. The van der Waals surface area contributed by atoms with Gasteiger partial charge in [-0.2, -0.15) is 10.5 Å². The van der Waals surface area contributed by atoms with Gasteiger partial charge in [-0.1, -0.05) is 102 Å². The highest BCUT2D eigenvalue weighted by atomic mass is 14.3. The minimum absolute atomic E-state index is 0.410. The van der Waals surface area contributed by atoms with Crippen molar-refractivity contribution < 1.29 is 0 Å². The molecular formula is C36H48N2. The Morgan fingerprint density at radius 1 is 0.605 bits per heavy atom. The number of hydrogen-bond donors (Lipinski definition) is 0. The van der Waals surface area contributed by atoms with E-state index in [-0.39, 0.29) is 0 Å². The Morgan fingerprint density at radius 2 is 1.21 bits per heavy atom. The summed E-state index contributed by atoms with van der Waals surface area (Å²) in [5, 5.41) is 20.2. The molecule has 0 unspecified atom stereocenters. The highest BCUT2D eigenvalue weighted by Gasteiger charge is 2.26. The highest BCUT2D eigenvalue weighted by molar-refractivity contribution is 5.75. The van der Waals surface area contributed by atoms with E-state index in [4.69, 9.17) is 0 Å². The molecule has 2 aliphatic rings. The van der Waals surface area contributed by atoms with Crippen LogP contribution in [0.5, 0.6) is 0 Å². The lowest BCUT2D eigenvalue weighted by molar-refractivity contribution is 0.302. The van der Waals surface area contributed by atoms with Crippen molar-refractivity contribution in [3.05, 3.63) is 58.7 Å². The number of unbranched alkanes of at least 4 members (excludes halogenated alkanes) is 4. The maximum atomic E-state index is 10.1. The summed E-state index contributed by atoms with van der Waals surface area (Å²) in [6.07, 6.45) is 21.0. The van der Waals surface area contributed by atoms with Gasteiger partial charge in [0.2, 0.25) is 0 Å². The maximum absolute atomic E-state index is 10.1. The Morgan fingerprint density at radius 3 is 1.82 bits per heavy atom. The molecule has 2 heteroatoms. The fourth-order valence-electron chi connectivity index (χ4n) is 7.36. The van der Waals surface area contributed by atoms with Crippen LogP contribution < -0.4 is 0 Å². The van der Waals surface area contributed by atoms with Crippen molar-refractivity contribution in [1.82, 2.24) is 0 Å². The van der Waals surface area contributed by atoms with E-state index in [9.17, 15) is 10.5 Å². The smallest absolute Gasteiger partial charge is 0.101 e. The lowest BCUT2D eigenvalue weighted by atomic mass is 9.75. The van der Waals surface area contributed by atoms with Crippen LogP contribution in [-0.2, 0) is 0 Å². The van der Waals surface area contributed by atoms with Crippen molar-refractivity contribution in [2.75, 3.05) is 0 Å². The second-order valence-electron chi connectivity index (χ2n) is 12.2. The number of benzene rings is 2. The van der Waals surface area contributed by atoms with E-state index in [0.717, 1.165) is 41.4 Å². The summed E-state index contributed by atoms with van der Waals surface area (Å²) >= 11 is 0. The molecular weight excluding hydrogens is 460 g/mol. The molecule has 0 saturated heterocycles. The monoisotopic (exact) mass is 508 g/mol. The van der Waals surface area contributed by atoms with Crippen molar-refractivity contribution in [2.24, 2.45) is 11.8 Å². The zero-order valence-corrected chi connectivity index (χ0v) is 24.0. The van der Waals surface area contributed by atoms with Crippen molar-refractivity contribution in [3.8, 4) is 23.3 Å². The van der Waals surface area contributed by atoms with Crippen LogP contribution >= 0.6 is 0 Å². The highest BCUT2D eigenvalue weighted by Crippen LogP contribution is 2.42. The van der Waals surface area contributed by atoms with Gasteiger partial charge in [0.15, 0.2) is 0 Å². The predicted molar refractivity (Wildman–Crippen MR) is 159 cm³/mol. The SMILES string of the molecule is CCCCCCCC1CCC(c2ccc(-c3ccc(C4CCC(CCC)CC4)c(C#N)c3C#N)cc2)CC1. The lowest BCUT2D eigenvalue weighted by Crippen LogP contribution is -2.14. The van der Waals surface area contributed by atoms with E-state index < -0.39 is 0 Å². The lowest BCUT2D eigenvalue weighted by Gasteiger charge is -2.29. The Bertz CT molecular complexity index is 1080. The second-order valence-corrected chi connectivity index (χ2v) is 12.2. The first kappa shape index (κ1) is 28.4. The Balaban J connectivity index is 1.40. The van der Waals surface area contributed by atoms with Gasteiger partial charge in [-0.15, -0.1) is 0 Å². The molecule has 202 valence electrons. The number of rotatable bonds is 11. The molecule has 38 heavy (non-hydrogen) atoms. The van der Waals surface area contributed by atoms with Gasteiger partial charge in [0.1, 0.15) is 12.1 Å². The van der Waals surface area contributed by atoms with Gasteiger partial charge >= 0.3 is 0 Å². The van der Waals surface area contributed by atoms with E-state index in [0.29, 0.717) is 23.0 Å². The molecule has 2 aromatic carbocycles. The minimum Gasteiger partial charge on any atom is -0.192 e. The molecule has 0 spiro atoms. The van der Waals surface area contributed by atoms with Crippen molar-refractivity contribution in [2.45, 2.75) is 128 Å². The normalized spacial score (nSPS) is 23.5. The van der Waals surface area contributed by atoms with Gasteiger partial charge in [0.05, 0.1) is 11.1 Å². The summed E-state index contributed by atoms with van der Waals surface area (Å²) in [5.41, 5.74) is 5.68. The molecule has 4 rings (SSSR count). The van der Waals surface area contributed by atoms with Crippen molar-refractivity contribution >= 4 is 0 Å². The van der Waals surface area contributed by atoms with Gasteiger partial charge in [0.25, 0.3) is 0 Å². The summed E-state index contributed by atoms with van der Waals surface area (Å²) in [6.45, 7) is 4.56. The summed E-state index contributed by atoms with van der Waals surface area (Å²) in [5.74, 6) is 2.83. The van der Waals surface area contributed by atoms with Crippen molar-refractivity contribution in [1.29, 1.82) is 10.5 Å². The third kappa shape index (κ3) is 7.08. The van der Waals surface area contributed by atoms with E-state index in [1.165, 1.54) is 95.5 Å². The van der Waals surface area contributed by atoms with Gasteiger partial charge in [-0.3, -0.25) is 0 Å². The molecule has 2 aliphatic carbocycles. The molecule has 2 fully saturated rings. The van der Waals surface area contributed by atoms with Gasteiger partial charge < -0.3 is 0 Å². The van der Waals surface area contributed by atoms with Gasteiger partial charge in [-0.05, 0) is 91.7 Å². The maximum Gasteiger partial charge on any atom is 0.101 e. The zero-order chi connectivity index (χ0) is 26.7. The zero-order valence-electron chi connectivity index (χ0n) is 24.0. The number of nitrogens with zero attached hydrogens (tertiary/aromatic N) is 2. The van der Waals surface area contributed by atoms with E-state index in [1.54, 1.807) is 0 Å². The molecule has 0 aromatic heterocycles. The average Bonchev–Trinajstić information content (AvgIpc) is 2.97. The molecule has 0 atom stereocenters. The van der Waals surface area contributed by atoms with Crippen LogP contribution in [0.15, 0.2) is 36.4 Å². The molecule has 0 aliphatic heterocycles. The predicted octanol–water partition coefficient (Wildman–Crippen LogP) is 10.8. The van der Waals surface area contributed by atoms with E-state index in [2.05, 4.69) is 62.4 Å². The topological polar surface area (TPSA) is 47.6 Å². The van der Waals surface area contributed by atoms with Crippen LogP contribution in [-0.4, -0.2) is 0 Å². The van der Waals surface area contributed by atoms with E-state index in [1.807, 2.05) is 0 Å². The first-order chi connectivity index (χ1) is 18.7. The second kappa shape index (κ2) is 14.5. The molecule has 2 saturated carbocycles. The van der Waals surface area contributed by atoms with Crippen LogP contribution in [0.1, 0.15) is 151 Å². The quantitative estimate of drug-likeness (QED) is 0.283. The van der Waals surface area contributed by atoms with Crippen LogP contribution in [0.25, 0.3) is 11.1 Å². The van der Waals surface area contributed by atoms with Crippen LogP contribution in [0.4, 0.5) is 0 Å². The summed E-state index contributed by atoms with van der Waals surface area (Å²) in [6, 6.07) is 18.0.